The van der Waals surface area contributed by atoms with E-state index < -0.39 is 0 Å². The largest absolute Gasteiger partial charge is 0.310 e. The van der Waals surface area contributed by atoms with Gasteiger partial charge in [-0.05, 0) is 36.4 Å². The Labute approximate surface area is 127 Å². The van der Waals surface area contributed by atoms with Gasteiger partial charge in [0, 0.05) is 28.3 Å². The minimum absolute atomic E-state index is 0.0878. The van der Waals surface area contributed by atoms with Crippen LogP contribution in [0.15, 0.2) is 47.1 Å². The van der Waals surface area contributed by atoms with Crippen molar-refractivity contribution in [3.05, 3.63) is 64.1 Å². The van der Waals surface area contributed by atoms with Crippen LogP contribution >= 0.6 is 15.9 Å². The number of hydrogen-bond acceptors (Lipinski definition) is 2. The summed E-state index contributed by atoms with van der Waals surface area (Å²) in [5.41, 5.74) is 2.07. The van der Waals surface area contributed by atoms with Gasteiger partial charge in [-0.15, -0.1) is 0 Å². The van der Waals surface area contributed by atoms with E-state index in [-0.39, 0.29) is 17.8 Å². The standard InChI is InChI=1S/C16H18BrFN2/c1-3-19-16(11(2)15-6-4-5-9-20-15)13-8-7-12(18)10-14(13)17/h4-11,16,19H,3H2,1-2H3. The second-order valence-corrected chi connectivity index (χ2v) is 5.60. The maximum absolute atomic E-state index is 13.3. The first-order valence-electron chi connectivity index (χ1n) is 6.72. The maximum atomic E-state index is 13.3. The molecule has 2 unspecified atom stereocenters. The highest BCUT2D eigenvalue weighted by atomic mass is 79.9. The number of nitrogens with one attached hydrogen (secondary N) is 1. The molecule has 0 fully saturated rings. The third-order valence-electron chi connectivity index (χ3n) is 3.38. The molecule has 106 valence electrons. The van der Waals surface area contributed by atoms with E-state index >= 15 is 0 Å². The number of hydrogen-bond donors (Lipinski definition) is 1. The molecular formula is C16H18BrFN2. The van der Waals surface area contributed by atoms with E-state index in [0.717, 1.165) is 22.3 Å². The normalized spacial score (nSPS) is 14.0. The van der Waals surface area contributed by atoms with E-state index in [1.165, 1.54) is 12.1 Å². The molecule has 1 heterocycles. The molecule has 0 aliphatic rings. The zero-order valence-electron chi connectivity index (χ0n) is 11.6. The molecule has 2 atom stereocenters. The molecule has 1 aromatic heterocycles. The quantitative estimate of drug-likeness (QED) is 0.873. The van der Waals surface area contributed by atoms with Crippen molar-refractivity contribution in [3.8, 4) is 0 Å². The van der Waals surface area contributed by atoms with Gasteiger partial charge in [-0.25, -0.2) is 4.39 Å². The number of aromatic nitrogens is 1. The van der Waals surface area contributed by atoms with Crippen LogP contribution in [0, 0.1) is 5.82 Å². The Hall–Kier alpha value is -1.26. The summed E-state index contributed by atoms with van der Waals surface area (Å²) in [6.07, 6.45) is 1.80. The van der Waals surface area contributed by atoms with Crippen molar-refractivity contribution in [2.24, 2.45) is 0 Å². The van der Waals surface area contributed by atoms with Gasteiger partial charge in [-0.2, -0.15) is 0 Å². The molecule has 20 heavy (non-hydrogen) atoms. The fraction of sp³-hybridized carbons (Fsp3) is 0.312. The van der Waals surface area contributed by atoms with E-state index in [1.807, 2.05) is 24.3 Å². The minimum Gasteiger partial charge on any atom is -0.310 e. The van der Waals surface area contributed by atoms with E-state index in [1.54, 1.807) is 6.20 Å². The fourth-order valence-electron chi connectivity index (χ4n) is 2.35. The lowest BCUT2D eigenvalue weighted by Gasteiger charge is -2.26. The van der Waals surface area contributed by atoms with Crippen LogP contribution in [0.1, 0.15) is 37.1 Å². The number of benzene rings is 1. The summed E-state index contributed by atoms with van der Waals surface area (Å²) >= 11 is 3.46. The predicted molar refractivity (Wildman–Crippen MR) is 83.2 cm³/mol. The van der Waals surface area contributed by atoms with Crippen molar-refractivity contribution in [3.63, 3.8) is 0 Å². The second-order valence-electron chi connectivity index (χ2n) is 4.74. The molecule has 2 rings (SSSR count). The average molecular weight is 337 g/mol. The molecule has 0 radical (unpaired) electrons. The topological polar surface area (TPSA) is 24.9 Å². The monoisotopic (exact) mass is 336 g/mol. The van der Waals surface area contributed by atoms with E-state index in [9.17, 15) is 4.39 Å². The lowest BCUT2D eigenvalue weighted by molar-refractivity contribution is 0.469. The van der Waals surface area contributed by atoms with Gasteiger partial charge in [0.25, 0.3) is 0 Å². The number of halogens is 2. The lowest BCUT2D eigenvalue weighted by Crippen LogP contribution is -2.26. The second kappa shape index (κ2) is 6.95. The van der Waals surface area contributed by atoms with Crippen LogP contribution in [0.2, 0.25) is 0 Å². The van der Waals surface area contributed by atoms with Crippen LogP contribution in [-0.4, -0.2) is 11.5 Å². The molecule has 4 heteroatoms. The van der Waals surface area contributed by atoms with Crippen molar-refractivity contribution in [1.82, 2.24) is 10.3 Å². The van der Waals surface area contributed by atoms with Crippen molar-refractivity contribution >= 4 is 15.9 Å². The molecule has 2 nitrogen and oxygen atoms in total. The van der Waals surface area contributed by atoms with Gasteiger partial charge in [-0.3, -0.25) is 4.98 Å². The van der Waals surface area contributed by atoms with Crippen molar-refractivity contribution in [2.45, 2.75) is 25.8 Å². The number of likely N-dealkylation sites (N-methyl/N-ethyl adjacent to an activating group) is 1. The van der Waals surface area contributed by atoms with Gasteiger partial charge in [0.2, 0.25) is 0 Å². The summed E-state index contributed by atoms with van der Waals surface area (Å²) in [6.45, 7) is 5.03. The third-order valence-corrected chi connectivity index (χ3v) is 4.06. The average Bonchev–Trinajstić information content (AvgIpc) is 2.46. The van der Waals surface area contributed by atoms with Gasteiger partial charge >= 0.3 is 0 Å². The van der Waals surface area contributed by atoms with Gasteiger partial charge < -0.3 is 5.32 Å². The van der Waals surface area contributed by atoms with Crippen LogP contribution in [0.3, 0.4) is 0 Å². The molecular weight excluding hydrogens is 319 g/mol. The van der Waals surface area contributed by atoms with Gasteiger partial charge in [-0.1, -0.05) is 41.9 Å². The van der Waals surface area contributed by atoms with Crippen molar-refractivity contribution in [2.75, 3.05) is 6.54 Å². The van der Waals surface area contributed by atoms with E-state index in [2.05, 4.69) is 40.1 Å². The zero-order valence-corrected chi connectivity index (χ0v) is 13.2. The van der Waals surface area contributed by atoms with Gasteiger partial charge in [0.15, 0.2) is 0 Å². The molecule has 0 saturated heterocycles. The highest BCUT2D eigenvalue weighted by Gasteiger charge is 2.23. The molecule has 0 spiro atoms. The fourth-order valence-corrected chi connectivity index (χ4v) is 2.94. The molecule has 0 aliphatic carbocycles. The molecule has 0 amide bonds. The summed E-state index contributed by atoms with van der Waals surface area (Å²) in [7, 11) is 0. The predicted octanol–water partition coefficient (Wildman–Crippen LogP) is 4.44. The minimum atomic E-state index is -0.235. The smallest absolute Gasteiger partial charge is 0.124 e. The number of rotatable bonds is 5. The van der Waals surface area contributed by atoms with Gasteiger partial charge in [0.05, 0.1) is 0 Å². The number of nitrogens with zero attached hydrogens (tertiary/aromatic N) is 1. The Morgan fingerprint density at radius 1 is 1.30 bits per heavy atom. The lowest BCUT2D eigenvalue weighted by atomic mass is 9.91. The molecule has 1 aromatic carbocycles. The first kappa shape index (κ1) is 15.1. The number of pyridine rings is 1. The summed E-state index contributed by atoms with van der Waals surface area (Å²) in [5.74, 6) is -0.0423. The van der Waals surface area contributed by atoms with E-state index in [4.69, 9.17) is 0 Å². The molecule has 2 aromatic rings. The summed E-state index contributed by atoms with van der Waals surface area (Å²) < 4.78 is 14.0. The Morgan fingerprint density at radius 2 is 2.10 bits per heavy atom. The zero-order chi connectivity index (χ0) is 14.5. The van der Waals surface area contributed by atoms with Crippen LogP contribution < -0.4 is 5.32 Å². The highest BCUT2D eigenvalue weighted by Crippen LogP contribution is 2.33. The molecule has 0 aliphatic heterocycles. The SMILES string of the molecule is CCNC(c1ccc(F)cc1Br)C(C)c1ccccn1. The first-order valence-corrected chi connectivity index (χ1v) is 7.52. The molecule has 0 saturated carbocycles. The third kappa shape index (κ3) is 3.44. The highest BCUT2D eigenvalue weighted by molar-refractivity contribution is 9.10. The Morgan fingerprint density at radius 3 is 2.70 bits per heavy atom. The maximum Gasteiger partial charge on any atom is 0.124 e. The molecule has 0 bridgehead atoms. The van der Waals surface area contributed by atoms with Crippen molar-refractivity contribution < 1.29 is 4.39 Å². The Bertz CT molecular complexity index is 560. The Balaban J connectivity index is 2.35. The summed E-state index contributed by atoms with van der Waals surface area (Å²) in [5, 5.41) is 3.46. The van der Waals surface area contributed by atoms with Crippen LogP contribution in [0.4, 0.5) is 4.39 Å². The van der Waals surface area contributed by atoms with Crippen LogP contribution in [0.25, 0.3) is 0 Å². The summed E-state index contributed by atoms with van der Waals surface area (Å²) in [6, 6.07) is 10.8. The summed E-state index contributed by atoms with van der Waals surface area (Å²) in [4.78, 5) is 4.43. The van der Waals surface area contributed by atoms with Crippen molar-refractivity contribution in [1.29, 1.82) is 0 Å². The van der Waals surface area contributed by atoms with Gasteiger partial charge in [0.1, 0.15) is 5.82 Å². The molecule has 1 N–H and O–H groups in total. The van der Waals surface area contributed by atoms with Crippen LogP contribution in [-0.2, 0) is 0 Å². The first-order chi connectivity index (χ1) is 9.63. The Kier molecular flexibility index (Phi) is 5.26. The van der Waals surface area contributed by atoms with E-state index in [0.29, 0.717) is 0 Å². The van der Waals surface area contributed by atoms with Crippen LogP contribution in [0.5, 0.6) is 0 Å².